The third-order valence-electron chi connectivity index (χ3n) is 2.08. The third-order valence-corrected chi connectivity index (χ3v) is 4.34. The summed E-state index contributed by atoms with van der Waals surface area (Å²) in [5, 5.41) is 0. The molecule has 0 saturated carbocycles. The molecule has 16 heavy (non-hydrogen) atoms. The zero-order valence-corrected chi connectivity index (χ0v) is 13.6. The maximum absolute atomic E-state index is 11.7. The van der Waals surface area contributed by atoms with Crippen molar-refractivity contribution in [2.24, 2.45) is 5.41 Å². The lowest BCUT2D eigenvalue weighted by molar-refractivity contribution is 0.0291. The van der Waals surface area contributed by atoms with Crippen molar-refractivity contribution >= 4 is 28.7 Å². The van der Waals surface area contributed by atoms with Crippen LogP contribution in [0.1, 0.15) is 41.5 Å². The minimum absolute atomic E-state index is 0.191. The van der Waals surface area contributed by atoms with Gasteiger partial charge in [0, 0.05) is 17.5 Å². The summed E-state index contributed by atoms with van der Waals surface area (Å²) >= 11 is 2.38. The Bertz CT molecular complexity index is 240. The largest absolute Gasteiger partial charge is 0.444 e. The van der Waals surface area contributed by atoms with Crippen LogP contribution in [0.25, 0.3) is 0 Å². The second kappa shape index (κ2) is 5.56. The molecule has 96 valence electrons. The summed E-state index contributed by atoms with van der Waals surface area (Å²) in [5.74, 6) is 0. The molecule has 0 aliphatic rings. The van der Waals surface area contributed by atoms with Crippen LogP contribution in [0, 0.1) is 5.41 Å². The lowest BCUT2D eigenvalue weighted by Crippen LogP contribution is -2.40. The summed E-state index contributed by atoms with van der Waals surface area (Å²) in [7, 11) is 1.78. The normalized spacial score (nSPS) is 14.5. The monoisotopic (exact) mass is 341 g/mol. The van der Waals surface area contributed by atoms with Gasteiger partial charge < -0.3 is 9.64 Å². The Kier molecular flexibility index (Phi) is 5.56. The van der Waals surface area contributed by atoms with Crippen LogP contribution in [-0.2, 0) is 4.74 Å². The highest BCUT2D eigenvalue weighted by atomic mass is 127. The molecule has 0 aromatic heterocycles. The molecule has 0 N–H and O–H groups in total. The number of hydrogen-bond acceptors (Lipinski definition) is 2. The van der Waals surface area contributed by atoms with E-state index < -0.39 is 5.60 Å². The van der Waals surface area contributed by atoms with Crippen LogP contribution >= 0.6 is 22.6 Å². The molecule has 0 heterocycles. The van der Waals surface area contributed by atoms with Gasteiger partial charge in [-0.05, 0) is 26.2 Å². The number of ether oxygens (including phenoxy) is 1. The molecular formula is C12H24INO2. The van der Waals surface area contributed by atoms with Gasteiger partial charge in [-0.1, -0.05) is 43.4 Å². The van der Waals surface area contributed by atoms with Crippen LogP contribution in [-0.4, -0.2) is 34.1 Å². The molecule has 0 saturated heterocycles. The first-order valence-electron chi connectivity index (χ1n) is 5.51. The van der Waals surface area contributed by atoms with Gasteiger partial charge in [-0.2, -0.15) is 0 Å². The van der Waals surface area contributed by atoms with Crippen LogP contribution in [0.15, 0.2) is 0 Å². The van der Waals surface area contributed by atoms with Crippen molar-refractivity contribution in [3.63, 3.8) is 0 Å². The molecule has 0 fully saturated rings. The van der Waals surface area contributed by atoms with Gasteiger partial charge in [-0.25, -0.2) is 4.79 Å². The minimum Gasteiger partial charge on any atom is -0.444 e. The van der Waals surface area contributed by atoms with Gasteiger partial charge in [0.1, 0.15) is 5.60 Å². The quantitative estimate of drug-likeness (QED) is 0.566. The molecule has 0 bridgehead atoms. The van der Waals surface area contributed by atoms with E-state index in [0.29, 0.717) is 10.5 Å². The van der Waals surface area contributed by atoms with Crippen LogP contribution in [0.2, 0.25) is 0 Å². The fourth-order valence-corrected chi connectivity index (χ4v) is 1.52. The molecule has 4 heteroatoms. The van der Waals surface area contributed by atoms with Gasteiger partial charge in [-0.3, -0.25) is 0 Å². The average Bonchev–Trinajstić information content (AvgIpc) is 1.98. The van der Waals surface area contributed by atoms with Gasteiger partial charge in [0.05, 0.1) is 0 Å². The van der Waals surface area contributed by atoms with Gasteiger partial charge in [-0.15, -0.1) is 0 Å². The maximum Gasteiger partial charge on any atom is 0.410 e. The molecule has 0 radical (unpaired) electrons. The Morgan fingerprint density at radius 1 is 1.25 bits per heavy atom. The summed E-state index contributed by atoms with van der Waals surface area (Å²) in [5.41, 5.74) is -0.231. The van der Waals surface area contributed by atoms with E-state index in [2.05, 4.69) is 43.4 Å². The highest BCUT2D eigenvalue weighted by Gasteiger charge is 2.26. The van der Waals surface area contributed by atoms with E-state index in [-0.39, 0.29) is 11.5 Å². The third kappa shape index (κ3) is 6.55. The topological polar surface area (TPSA) is 29.5 Å². The number of carbonyl (C=O) groups is 1. The Labute approximate surface area is 113 Å². The van der Waals surface area contributed by atoms with E-state index in [4.69, 9.17) is 4.74 Å². The van der Waals surface area contributed by atoms with E-state index in [1.807, 2.05) is 20.8 Å². The van der Waals surface area contributed by atoms with E-state index in [1.165, 1.54) is 0 Å². The summed E-state index contributed by atoms with van der Waals surface area (Å²) < 4.78 is 5.70. The van der Waals surface area contributed by atoms with Crippen molar-refractivity contribution in [2.75, 3.05) is 13.6 Å². The van der Waals surface area contributed by atoms with Crippen LogP contribution in [0.3, 0.4) is 0 Å². The van der Waals surface area contributed by atoms with Crippen molar-refractivity contribution < 1.29 is 9.53 Å². The molecule has 0 rings (SSSR count). The summed E-state index contributed by atoms with van der Waals surface area (Å²) in [6.45, 7) is 12.9. The Balaban J connectivity index is 4.27. The highest BCUT2D eigenvalue weighted by molar-refractivity contribution is 14.1. The molecule has 1 amide bonds. The molecular weight excluding hydrogens is 317 g/mol. The van der Waals surface area contributed by atoms with Crippen molar-refractivity contribution in [2.45, 2.75) is 51.1 Å². The number of halogens is 1. The SMILES string of the molecule is CN(C[C@@H](I)C(C)(C)C)C(=O)OC(C)(C)C. The second-order valence-electron chi connectivity index (χ2n) is 6.19. The van der Waals surface area contributed by atoms with Crippen molar-refractivity contribution in [3.8, 4) is 0 Å². The number of nitrogens with zero attached hydrogens (tertiary/aromatic N) is 1. The lowest BCUT2D eigenvalue weighted by Gasteiger charge is -2.31. The molecule has 0 spiro atoms. The molecule has 1 atom stereocenters. The van der Waals surface area contributed by atoms with E-state index in [9.17, 15) is 4.79 Å². The Hall–Kier alpha value is 0. The zero-order valence-electron chi connectivity index (χ0n) is 11.4. The summed E-state index contributed by atoms with van der Waals surface area (Å²) in [6.07, 6.45) is -0.251. The molecule has 0 aliphatic heterocycles. The predicted molar refractivity (Wildman–Crippen MR) is 76.1 cm³/mol. The molecule has 0 aromatic rings. The van der Waals surface area contributed by atoms with Gasteiger partial charge in [0.25, 0.3) is 0 Å². The van der Waals surface area contributed by atoms with Crippen LogP contribution in [0.4, 0.5) is 4.79 Å². The number of rotatable bonds is 2. The average molecular weight is 341 g/mol. The van der Waals surface area contributed by atoms with E-state index >= 15 is 0 Å². The first-order valence-corrected chi connectivity index (χ1v) is 6.76. The van der Waals surface area contributed by atoms with Crippen LogP contribution < -0.4 is 0 Å². The van der Waals surface area contributed by atoms with Crippen LogP contribution in [0.5, 0.6) is 0 Å². The Morgan fingerprint density at radius 3 is 2.00 bits per heavy atom. The lowest BCUT2D eigenvalue weighted by atomic mass is 9.92. The van der Waals surface area contributed by atoms with Crippen molar-refractivity contribution in [1.82, 2.24) is 4.90 Å². The molecule has 3 nitrogen and oxygen atoms in total. The standard InChI is InChI=1S/C12H24INO2/c1-11(2,3)9(13)8-14(7)10(15)16-12(4,5)6/h9H,8H2,1-7H3/t9-/m1/s1. The molecule has 0 unspecified atom stereocenters. The zero-order chi connectivity index (χ0) is 13.1. The van der Waals surface area contributed by atoms with Crippen molar-refractivity contribution in [1.29, 1.82) is 0 Å². The van der Waals surface area contributed by atoms with Gasteiger partial charge >= 0.3 is 6.09 Å². The first kappa shape index (κ1) is 16.0. The number of amides is 1. The Morgan fingerprint density at radius 2 is 1.69 bits per heavy atom. The number of carbonyl (C=O) groups excluding carboxylic acids is 1. The van der Waals surface area contributed by atoms with E-state index in [0.717, 1.165) is 0 Å². The van der Waals surface area contributed by atoms with Crippen molar-refractivity contribution in [3.05, 3.63) is 0 Å². The fourth-order valence-electron chi connectivity index (χ4n) is 0.929. The minimum atomic E-state index is -0.423. The number of alkyl halides is 1. The first-order chi connectivity index (χ1) is 6.93. The highest BCUT2D eigenvalue weighted by Crippen LogP contribution is 2.27. The fraction of sp³-hybridized carbons (Fsp3) is 0.917. The smallest absolute Gasteiger partial charge is 0.410 e. The van der Waals surface area contributed by atoms with Gasteiger partial charge in [0.2, 0.25) is 0 Å². The molecule has 0 aliphatic carbocycles. The number of hydrogen-bond donors (Lipinski definition) is 0. The summed E-state index contributed by atoms with van der Waals surface area (Å²) in [4.78, 5) is 13.4. The summed E-state index contributed by atoms with van der Waals surface area (Å²) in [6, 6.07) is 0. The predicted octanol–water partition coefficient (Wildman–Crippen LogP) is 3.70. The van der Waals surface area contributed by atoms with Gasteiger partial charge in [0.15, 0.2) is 0 Å². The van der Waals surface area contributed by atoms with E-state index in [1.54, 1.807) is 11.9 Å². The molecule has 0 aromatic carbocycles. The second-order valence-corrected chi connectivity index (χ2v) is 7.70. The maximum atomic E-state index is 11.7.